The van der Waals surface area contributed by atoms with Crippen LogP contribution in [0, 0.1) is 0 Å². The summed E-state index contributed by atoms with van der Waals surface area (Å²) in [5, 5.41) is 0. The van der Waals surface area contributed by atoms with Gasteiger partial charge in [0.25, 0.3) is 0 Å². The van der Waals surface area contributed by atoms with Crippen LogP contribution >= 0.6 is 0 Å². The van der Waals surface area contributed by atoms with E-state index in [2.05, 4.69) is 0 Å². The molecule has 1 aliphatic heterocycles. The second kappa shape index (κ2) is 13.2. The Morgan fingerprint density at radius 2 is 1.65 bits per heavy atom. The molecule has 3 rings (SSSR count). The van der Waals surface area contributed by atoms with Gasteiger partial charge in [0.1, 0.15) is 6.61 Å². The third-order valence-corrected chi connectivity index (χ3v) is 6.35. The van der Waals surface area contributed by atoms with E-state index in [1.165, 1.54) is 4.90 Å². The molecule has 2 atom stereocenters. The number of hydrogen-bond acceptors (Lipinski definition) is 5. The minimum absolute atomic E-state index is 0.0505. The minimum atomic E-state index is -5.01. The van der Waals surface area contributed by atoms with Crippen LogP contribution in [0.1, 0.15) is 36.8 Å². The monoisotopic (exact) mass is 519 g/mol. The van der Waals surface area contributed by atoms with E-state index in [4.69, 9.17) is 10.5 Å². The van der Waals surface area contributed by atoms with Crippen LogP contribution in [-0.2, 0) is 32.1 Å². The molecule has 2 aromatic rings. The Labute approximate surface area is 214 Å². The zero-order valence-corrected chi connectivity index (χ0v) is 20.5. The second-order valence-electron chi connectivity index (χ2n) is 9.10. The van der Waals surface area contributed by atoms with E-state index in [0.717, 1.165) is 16.0 Å². The highest BCUT2D eigenvalue weighted by atomic mass is 19.4. The number of nitrogens with two attached hydrogens (primary N) is 1. The van der Waals surface area contributed by atoms with Crippen LogP contribution in [0.5, 0.6) is 0 Å². The Morgan fingerprint density at radius 1 is 1.03 bits per heavy atom. The molecule has 2 amide bonds. The molecule has 0 aromatic heterocycles. The third kappa shape index (κ3) is 8.59. The molecule has 1 heterocycles. The van der Waals surface area contributed by atoms with Gasteiger partial charge in [-0.3, -0.25) is 14.4 Å². The van der Waals surface area contributed by atoms with Gasteiger partial charge in [0.15, 0.2) is 0 Å². The van der Waals surface area contributed by atoms with Crippen molar-refractivity contribution in [3.8, 4) is 0 Å². The summed E-state index contributed by atoms with van der Waals surface area (Å²) in [5.41, 5.74) is 7.69. The fourth-order valence-electron chi connectivity index (χ4n) is 4.35. The van der Waals surface area contributed by atoms with E-state index >= 15 is 0 Å². The Bertz CT molecular complexity index is 1030. The number of ether oxygens (including phenoxy) is 1. The molecular formula is C27H32F3N3O4. The second-order valence-corrected chi connectivity index (χ2v) is 9.10. The van der Waals surface area contributed by atoms with Crippen molar-refractivity contribution in [2.75, 3.05) is 19.6 Å². The summed E-state index contributed by atoms with van der Waals surface area (Å²) in [4.78, 5) is 39.4. The number of halogens is 3. The van der Waals surface area contributed by atoms with E-state index in [1.54, 1.807) is 30.3 Å². The van der Waals surface area contributed by atoms with Gasteiger partial charge in [-0.1, -0.05) is 60.7 Å². The molecule has 2 N–H and O–H groups in total. The standard InChI is InChI=1S/C27H32F3N3O4/c28-27(29,30)26(36)32(17-15-20-8-3-1-4-9-20)18-22-12-7-16-33(22)25(35)23(31)13-14-24(34)37-19-21-10-5-2-6-11-21/h1-6,8-11,22-23H,7,12-19,31H2/t22-,23-/m0/s1. The molecule has 7 nitrogen and oxygen atoms in total. The number of likely N-dealkylation sites (tertiary alicyclic amines) is 1. The Kier molecular flexibility index (Phi) is 10.1. The third-order valence-electron chi connectivity index (χ3n) is 6.35. The average molecular weight is 520 g/mol. The molecule has 0 saturated carbocycles. The van der Waals surface area contributed by atoms with Crippen molar-refractivity contribution in [3.63, 3.8) is 0 Å². The zero-order valence-electron chi connectivity index (χ0n) is 20.5. The first kappa shape index (κ1) is 28.2. The highest BCUT2D eigenvalue weighted by Crippen LogP contribution is 2.24. The molecule has 37 heavy (non-hydrogen) atoms. The fraction of sp³-hybridized carbons (Fsp3) is 0.444. The van der Waals surface area contributed by atoms with E-state index in [1.807, 2.05) is 30.3 Å². The zero-order chi connectivity index (χ0) is 26.8. The molecule has 1 fully saturated rings. The highest BCUT2D eigenvalue weighted by Gasteiger charge is 2.44. The number of hydrogen-bond donors (Lipinski definition) is 1. The van der Waals surface area contributed by atoms with Gasteiger partial charge in [-0.15, -0.1) is 0 Å². The molecule has 10 heteroatoms. The molecule has 0 radical (unpaired) electrons. The van der Waals surface area contributed by atoms with Crippen LogP contribution in [0.15, 0.2) is 60.7 Å². The quantitative estimate of drug-likeness (QED) is 0.459. The van der Waals surface area contributed by atoms with Crippen LogP contribution in [-0.4, -0.2) is 65.5 Å². The SMILES string of the molecule is N[C@@H](CCC(=O)OCc1ccccc1)C(=O)N1CCC[C@H]1CN(CCc1ccccc1)C(=O)C(F)(F)F. The van der Waals surface area contributed by atoms with Crippen molar-refractivity contribution < 1.29 is 32.3 Å². The van der Waals surface area contributed by atoms with Gasteiger partial charge in [0, 0.05) is 32.1 Å². The lowest BCUT2D eigenvalue weighted by atomic mass is 10.1. The van der Waals surface area contributed by atoms with Crippen molar-refractivity contribution in [3.05, 3.63) is 71.8 Å². The van der Waals surface area contributed by atoms with Gasteiger partial charge >= 0.3 is 18.1 Å². The van der Waals surface area contributed by atoms with Gasteiger partial charge in [0.05, 0.1) is 6.04 Å². The number of alkyl halides is 3. The van der Waals surface area contributed by atoms with Crippen molar-refractivity contribution in [2.45, 2.75) is 57.0 Å². The number of nitrogens with zero attached hydrogens (tertiary/aromatic N) is 2. The lowest BCUT2D eigenvalue weighted by Crippen LogP contribution is -2.52. The smallest absolute Gasteiger partial charge is 0.461 e. The van der Waals surface area contributed by atoms with Crippen LogP contribution in [0.25, 0.3) is 0 Å². The summed E-state index contributed by atoms with van der Waals surface area (Å²) in [6.45, 7) is 0.0917. The number of carbonyl (C=O) groups excluding carboxylic acids is 3. The molecule has 1 saturated heterocycles. The molecular weight excluding hydrogens is 487 g/mol. The normalized spacial score (nSPS) is 16.3. The minimum Gasteiger partial charge on any atom is -0.461 e. The number of benzene rings is 2. The fourth-order valence-corrected chi connectivity index (χ4v) is 4.35. The maximum atomic E-state index is 13.3. The van der Waals surface area contributed by atoms with Crippen molar-refractivity contribution in [1.82, 2.24) is 9.80 Å². The lowest BCUT2D eigenvalue weighted by Gasteiger charge is -2.32. The summed E-state index contributed by atoms with van der Waals surface area (Å²) < 4.78 is 45.1. The van der Waals surface area contributed by atoms with E-state index in [9.17, 15) is 27.6 Å². The molecule has 200 valence electrons. The molecule has 0 spiro atoms. The first-order valence-electron chi connectivity index (χ1n) is 12.3. The van der Waals surface area contributed by atoms with Crippen molar-refractivity contribution >= 4 is 17.8 Å². The Balaban J connectivity index is 1.55. The molecule has 0 unspecified atom stereocenters. The molecule has 0 bridgehead atoms. The summed E-state index contributed by atoms with van der Waals surface area (Å²) in [6, 6.07) is 16.5. The number of esters is 1. The van der Waals surface area contributed by atoms with Crippen LogP contribution in [0.2, 0.25) is 0 Å². The van der Waals surface area contributed by atoms with Crippen molar-refractivity contribution in [2.24, 2.45) is 5.73 Å². The average Bonchev–Trinajstić information content (AvgIpc) is 3.36. The van der Waals surface area contributed by atoms with Crippen LogP contribution in [0.3, 0.4) is 0 Å². The predicted octanol–water partition coefficient (Wildman–Crippen LogP) is 3.46. The van der Waals surface area contributed by atoms with Crippen molar-refractivity contribution in [1.29, 1.82) is 0 Å². The van der Waals surface area contributed by atoms with Crippen LogP contribution in [0.4, 0.5) is 13.2 Å². The lowest BCUT2D eigenvalue weighted by molar-refractivity contribution is -0.186. The summed E-state index contributed by atoms with van der Waals surface area (Å²) in [5.74, 6) is -2.86. The topological polar surface area (TPSA) is 92.9 Å². The largest absolute Gasteiger partial charge is 0.471 e. The van der Waals surface area contributed by atoms with E-state index < -0.39 is 36.0 Å². The van der Waals surface area contributed by atoms with Gasteiger partial charge in [-0.25, -0.2) is 0 Å². The molecule has 2 aromatic carbocycles. The van der Waals surface area contributed by atoms with Gasteiger partial charge in [-0.05, 0) is 36.8 Å². The predicted molar refractivity (Wildman–Crippen MR) is 131 cm³/mol. The van der Waals surface area contributed by atoms with Crippen LogP contribution < -0.4 is 5.73 Å². The molecule has 0 aliphatic carbocycles. The number of carbonyl (C=O) groups is 3. The maximum Gasteiger partial charge on any atom is 0.471 e. The van der Waals surface area contributed by atoms with Gasteiger partial charge in [-0.2, -0.15) is 13.2 Å². The highest BCUT2D eigenvalue weighted by molar-refractivity contribution is 5.84. The van der Waals surface area contributed by atoms with Gasteiger partial charge in [0.2, 0.25) is 5.91 Å². The Morgan fingerprint density at radius 3 is 2.27 bits per heavy atom. The summed E-state index contributed by atoms with van der Waals surface area (Å²) in [7, 11) is 0. The summed E-state index contributed by atoms with van der Waals surface area (Å²) in [6.07, 6.45) is -3.71. The first-order chi connectivity index (χ1) is 17.6. The number of rotatable bonds is 11. The van der Waals surface area contributed by atoms with E-state index in [0.29, 0.717) is 19.4 Å². The summed E-state index contributed by atoms with van der Waals surface area (Å²) >= 11 is 0. The van der Waals surface area contributed by atoms with E-state index in [-0.39, 0.29) is 39.0 Å². The molecule has 1 aliphatic rings. The Hall–Kier alpha value is -3.40. The number of amides is 2. The maximum absolute atomic E-state index is 13.3. The first-order valence-corrected chi connectivity index (χ1v) is 12.3. The van der Waals surface area contributed by atoms with Gasteiger partial charge < -0.3 is 20.3 Å².